The van der Waals surface area contributed by atoms with Crippen LogP contribution in [0.15, 0.2) is 88.2 Å². The number of carbonyl (C=O) groups excluding carboxylic acids is 1. The molecule has 1 aliphatic carbocycles. The number of hydrogen-bond donors (Lipinski definition) is 1. The Morgan fingerprint density at radius 2 is 1.83 bits per heavy atom. The fraction of sp³-hybridized carbons (Fsp3) is 0.273. The third kappa shape index (κ3) is 5.42. The highest BCUT2D eigenvalue weighted by molar-refractivity contribution is 7.98. The van der Waals surface area contributed by atoms with Gasteiger partial charge in [-0.2, -0.15) is 5.26 Å². The number of carbonyl (C=O) groups is 1. The van der Waals surface area contributed by atoms with Gasteiger partial charge in [0.2, 0.25) is 0 Å². The minimum absolute atomic E-state index is 0.0656. The topological polar surface area (TPSA) is 113 Å². The van der Waals surface area contributed by atoms with Crippen LogP contribution in [0.1, 0.15) is 54.9 Å². The number of nitro benzene ring substituents is 1. The second-order valence-electron chi connectivity index (χ2n) is 11.6. The van der Waals surface area contributed by atoms with Gasteiger partial charge < -0.3 is 5.73 Å². The summed E-state index contributed by atoms with van der Waals surface area (Å²) >= 11 is 1.58. The SMILES string of the molecule is Cc1cc(C)c(C2C(C#N)=C(N)N(c3cccc([N+](=O)[O-])c3)C3=C2C(=O)CC(C)(C)C3)cc1CSc1ccc(F)cc1. The van der Waals surface area contributed by atoms with Crippen LogP contribution in [0.3, 0.4) is 0 Å². The molecular weight excluding hydrogens is 551 g/mol. The van der Waals surface area contributed by atoms with E-state index in [9.17, 15) is 24.6 Å². The van der Waals surface area contributed by atoms with E-state index >= 15 is 0 Å². The highest BCUT2D eigenvalue weighted by Crippen LogP contribution is 2.51. The highest BCUT2D eigenvalue weighted by Gasteiger charge is 2.45. The number of allylic oxidation sites excluding steroid dienone is 3. The molecule has 0 spiro atoms. The van der Waals surface area contributed by atoms with E-state index < -0.39 is 10.8 Å². The number of thioether (sulfide) groups is 1. The first-order chi connectivity index (χ1) is 19.9. The number of aryl methyl sites for hydroxylation is 2. The molecule has 1 heterocycles. The zero-order valence-electron chi connectivity index (χ0n) is 23.9. The van der Waals surface area contributed by atoms with E-state index in [2.05, 4.69) is 18.2 Å². The average molecular weight is 583 g/mol. The van der Waals surface area contributed by atoms with Gasteiger partial charge in [-0.05, 0) is 78.3 Å². The van der Waals surface area contributed by atoms with Crippen molar-refractivity contribution in [2.45, 2.75) is 57.1 Å². The molecule has 7 nitrogen and oxygen atoms in total. The van der Waals surface area contributed by atoms with Gasteiger partial charge in [-0.25, -0.2) is 4.39 Å². The van der Waals surface area contributed by atoms with Crippen LogP contribution in [0, 0.1) is 46.5 Å². The fourth-order valence-electron chi connectivity index (χ4n) is 5.94. The molecule has 1 aliphatic heterocycles. The minimum Gasteiger partial charge on any atom is -0.384 e. The standard InChI is InChI=1S/C33H31FN4O3S/c1-19-12-20(2)26(13-21(19)18-42-25-10-8-22(34)9-11-25)30-27(17-35)32(36)37(23-6-5-7-24(14-23)38(40)41)28-15-33(3,4)16-29(39)31(28)30/h5-14,30H,15-16,18,36H2,1-4H3. The van der Waals surface area contributed by atoms with Gasteiger partial charge in [-0.1, -0.05) is 32.0 Å². The summed E-state index contributed by atoms with van der Waals surface area (Å²) in [5.41, 5.74) is 12.0. The summed E-state index contributed by atoms with van der Waals surface area (Å²) < 4.78 is 13.4. The molecule has 1 atom stereocenters. The van der Waals surface area contributed by atoms with E-state index in [0.717, 1.165) is 27.1 Å². The first kappa shape index (κ1) is 29.1. The van der Waals surface area contributed by atoms with Gasteiger partial charge in [0.25, 0.3) is 5.69 Å². The number of nitriles is 1. The van der Waals surface area contributed by atoms with Crippen molar-refractivity contribution >= 4 is 28.9 Å². The van der Waals surface area contributed by atoms with Crippen LogP contribution < -0.4 is 10.6 Å². The summed E-state index contributed by atoms with van der Waals surface area (Å²) in [6.07, 6.45) is 0.812. The molecule has 2 aliphatic rings. The number of ketones is 1. The summed E-state index contributed by atoms with van der Waals surface area (Å²) in [5.74, 6) is -0.245. The maximum absolute atomic E-state index is 13.9. The van der Waals surface area contributed by atoms with Gasteiger partial charge in [0.1, 0.15) is 11.6 Å². The first-order valence-corrected chi connectivity index (χ1v) is 14.6. The highest BCUT2D eigenvalue weighted by atomic mass is 32.2. The molecule has 0 saturated carbocycles. The molecular formula is C33H31FN4O3S. The third-order valence-corrected chi connectivity index (χ3v) is 8.98. The number of nitro groups is 1. The van der Waals surface area contributed by atoms with E-state index in [-0.39, 0.29) is 34.1 Å². The van der Waals surface area contributed by atoms with E-state index in [0.29, 0.717) is 35.6 Å². The molecule has 0 radical (unpaired) electrons. The number of anilines is 1. The molecule has 3 aromatic carbocycles. The number of Topliss-reactive ketones (excluding diaryl/α,β-unsaturated/α-hetero) is 1. The van der Waals surface area contributed by atoms with Gasteiger partial charge in [-0.3, -0.25) is 19.8 Å². The van der Waals surface area contributed by atoms with Gasteiger partial charge in [0.15, 0.2) is 5.78 Å². The summed E-state index contributed by atoms with van der Waals surface area (Å²) in [5, 5.41) is 22.1. The average Bonchev–Trinajstić information content (AvgIpc) is 2.92. The van der Waals surface area contributed by atoms with Gasteiger partial charge in [0.05, 0.1) is 28.2 Å². The van der Waals surface area contributed by atoms with Crippen LogP contribution in [0.2, 0.25) is 0 Å². The zero-order valence-corrected chi connectivity index (χ0v) is 24.7. The Bertz CT molecular complexity index is 1720. The van der Waals surface area contributed by atoms with Gasteiger partial charge in [-0.15, -0.1) is 11.8 Å². The molecule has 2 N–H and O–H groups in total. The maximum Gasteiger partial charge on any atom is 0.271 e. The number of nitrogens with zero attached hydrogens (tertiary/aromatic N) is 3. The first-order valence-electron chi connectivity index (χ1n) is 13.6. The molecule has 5 rings (SSSR count). The van der Waals surface area contributed by atoms with Crippen molar-refractivity contribution in [2.24, 2.45) is 11.1 Å². The van der Waals surface area contributed by atoms with Crippen molar-refractivity contribution in [3.8, 4) is 6.07 Å². The maximum atomic E-state index is 13.9. The quantitative estimate of drug-likeness (QED) is 0.181. The van der Waals surface area contributed by atoms with E-state index in [4.69, 9.17) is 5.73 Å². The lowest BCUT2D eigenvalue weighted by Crippen LogP contribution is -2.42. The smallest absolute Gasteiger partial charge is 0.271 e. The fourth-order valence-corrected chi connectivity index (χ4v) is 6.90. The Morgan fingerprint density at radius 1 is 1.12 bits per heavy atom. The van der Waals surface area contributed by atoms with Crippen molar-refractivity contribution in [3.63, 3.8) is 0 Å². The van der Waals surface area contributed by atoms with E-state index in [1.54, 1.807) is 40.9 Å². The Labute approximate surface area is 248 Å². The van der Waals surface area contributed by atoms with Gasteiger partial charge >= 0.3 is 0 Å². The zero-order chi connectivity index (χ0) is 30.3. The van der Waals surface area contributed by atoms with Crippen molar-refractivity contribution < 1.29 is 14.1 Å². The van der Waals surface area contributed by atoms with Gasteiger partial charge in [0, 0.05) is 40.5 Å². The number of hydrogen-bond acceptors (Lipinski definition) is 7. The monoisotopic (exact) mass is 582 g/mol. The van der Waals surface area contributed by atoms with Crippen LogP contribution in [0.5, 0.6) is 0 Å². The van der Waals surface area contributed by atoms with Crippen LogP contribution in [-0.2, 0) is 10.5 Å². The summed E-state index contributed by atoms with van der Waals surface area (Å²) in [7, 11) is 0. The largest absolute Gasteiger partial charge is 0.384 e. The Balaban J connectivity index is 1.67. The van der Waals surface area contributed by atoms with E-state index in [1.807, 2.05) is 27.7 Å². The number of rotatable bonds is 6. The van der Waals surface area contributed by atoms with E-state index in [1.165, 1.54) is 24.3 Å². The molecule has 0 fully saturated rings. The minimum atomic E-state index is -0.668. The van der Waals surface area contributed by atoms with Crippen LogP contribution in [0.25, 0.3) is 0 Å². The molecule has 0 amide bonds. The lowest BCUT2D eigenvalue weighted by atomic mass is 9.68. The molecule has 3 aromatic rings. The predicted octanol–water partition coefficient (Wildman–Crippen LogP) is 7.58. The summed E-state index contributed by atoms with van der Waals surface area (Å²) in [6, 6.07) is 18.8. The second kappa shape index (κ2) is 11.1. The van der Waals surface area contributed by atoms with Crippen LogP contribution in [-0.4, -0.2) is 10.7 Å². The lowest BCUT2D eigenvalue weighted by molar-refractivity contribution is -0.384. The summed E-state index contributed by atoms with van der Waals surface area (Å²) in [4.78, 5) is 27.6. The Morgan fingerprint density at radius 3 is 2.50 bits per heavy atom. The second-order valence-corrected chi connectivity index (χ2v) is 12.7. The van der Waals surface area contributed by atoms with Crippen LogP contribution in [0.4, 0.5) is 15.8 Å². The Hall–Kier alpha value is -4.42. The molecule has 1 unspecified atom stereocenters. The van der Waals surface area contributed by atoms with Crippen molar-refractivity contribution in [3.05, 3.63) is 122 Å². The molecule has 214 valence electrons. The number of non-ortho nitro benzene ring substituents is 1. The molecule has 9 heteroatoms. The third-order valence-electron chi connectivity index (χ3n) is 7.92. The molecule has 0 bridgehead atoms. The lowest BCUT2D eigenvalue weighted by Gasteiger charge is -2.44. The van der Waals surface area contributed by atoms with Crippen molar-refractivity contribution in [1.29, 1.82) is 5.26 Å². The molecule has 0 aromatic heterocycles. The predicted molar refractivity (Wildman–Crippen MR) is 162 cm³/mol. The van der Waals surface area contributed by atoms with Crippen molar-refractivity contribution in [2.75, 3.05) is 4.90 Å². The number of halogens is 1. The van der Waals surface area contributed by atoms with Crippen LogP contribution >= 0.6 is 11.8 Å². The summed E-state index contributed by atoms with van der Waals surface area (Å²) in [6.45, 7) is 8.01. The molecule has 42 heavy (non-hydrogen) atoms. The number of nitrogens with two attached hydrogens (primary N) is 1. The normalized spacial score (nSPS) is 18.1. The van der Waals surface area contributed by atoms with Crippen molar-refractivity contribution in [1.82, 2.24) is 0 Å². The Kier molecular flexibility index (Phi) is 7.69. The number of benzene rings is 3. The molecule has 0 saturated heterocycles.